The van der Waals surface area contributed by atoms with Crippen molar-refractivity contribution in [2.24, 2.45) is 11.3 Å². The van der Waals surface area contributed by atoms with E-state index < -0.39 is 0 Å². The normalized spacial score (nSPS) is 29.3. The molecule has 3 heteroatoms. The third-order valence-electron chi connectivity index (χ3n) is 4.08. The van der Waals surface area contributed by atoms with Gasteiger partial charge in [0.25, 0.3) is 0 Å². The number of carbonyl (C=O) groups excluding carboxylic acids is 1. The monoisotopic (exact) mass is 211 g/mol. The minimum absolute atomic E-state index is 0.0527. The zero-order valence-electron chi connectivity index (χ0n) is 9.55. The molecule has 2 rings (SSSR count). The third-order valence-corrected chi connectivity index (χ3v) is 4.08. The number of hydrogen-bond donors (Lipinski definition) is 1. The van der Waals surface area contributed by atoms with Crippen LogP contribution in [0.4, 0.5) is 0 Å². The van der Waals surface area contributed by atoms with Crippen LogP contribution in [-0.4, -0.2) is 25.7 Å². The van der Waals surface area contributed by atoms with E-state index in [9.17, 15) is 4.79 Å². The largest absolute Gasteiger partial charge is 0.466 e. The average molecular weight is 211 g/mol. The van der Waals surface area contributed by atoms with E-state index in [0.29, 0.717) is 6.61 Å². The molecule has 1 saturated carbocycles. The molecule has 0 amide bonds. The molecule has 2 aliphatic rings. The van der Waals surface area contributed by atoms with Gasteiger partial charge >= 0.3 is 5.97 Å². The Morgan fingerprint density at radius 2 is 2.13 bits per heavy atom. The molecule has 1 unspecified atom stereocenters. The highest BCUT2D eigenvalue weighted by molar-refractivity contribution is 5.74. The number of ether oxygens (including phenoxy) is 1. The van der Waals surface area contributed by atoms with Crippen LogP contribution in [0.15, 0.2) is 0 Å². The minimum Gasteiger partial charge on any atom is -0.466 e. The van der Waals surface area contributed by atoms with Gasteiger partial charge in [0.15, 0.2) is 0 Å². The molecular weight excluding hydrogens is 190 g/mol. The summed E-state index contributed by atoms with van der Waals surface area (Å²) < 4.78 is 5.19. The summed E-state index contributed by atoms with van der Waals surface area (Å²) in [4.78, 5) is 11.9. The Hall–Kier alpha value is -0.570. The smallest absolute Gasteiger partial charge is 0.309 e. The van der Waals surface area contributed by atoms with Gasteiger partial charge in [-0.15, -0.1) is 0 Å². The molecule has 3 nitrogen and oxygen atoms in total. The van der Waals surface area contributed by atoms with Crippen molar-refractivity contribution in [1.29, 1.82) is 0 Å². The molecule has 1 N–H and O–H groups in total. The van der Waals surface area contributed by atoms with E-state index >= 15 is 0 Å². The molecule has 0 aromatic heterocycles. The van der Waals surface area contributed by atoms with Gasteiger partial charge in [0.2, 0.25) is 0 Å². The Bertz CT molecular complexity index is 234. The van der Waals surface area contributed by atoms with Crippen LogP contribution in [0.1, 0.15) is 39.0 Å². The summed E-state index contributed by atoms with van der Waals surface area (Å²) in [5, 5.41) is 3.38. The van der Waals surface area contributed by atoms with Gasteiger partial charge in [0, 0.05) is 0 Å². The van der Waals surface area contributed by atoms with E-state index in [1.54, 1.807) is 0 Å². The number of esters is 1. The van der Waals surface area contributed by atoms with Crippen molar-refractivity contribution in [3.05, 3.63) is 0 Å². The lowest BCUT2D eigenvalue weighted by atomic mass is 9.71. The zero-order chi connectivity index (χ0) is 10.7. The number of piperidine rings is 1. The van der Waals surface area contributed by atoms with Crippen molar-refractivity contribution in [3.63, 3.8) is 0 Å². The molecule has 0 bridgehead atoms. The lowest BCUT2D eigenvalue weighted by Gasteiger charge is -2.38. The summed E-state index contributed by atoms with van der Waals surface area (Å²) in [5.74, 6) is 0.233. The lowest BCUT2D eigenvalue weighted by molar-refractivity contribution is -0.152. The zero-order valence-corrected chi connectivity index (χ0v) is 9.55. The molecule has 1 aliphatic heterocycles. The van der Waals surface area contributed by atoms with Gasteiger partial charge in [0.05, 0.1) is 12.5 Å². The Kier molecular flexibility index (Phi) is 3.29. The molecule has 1 spiro atoms. The molecule has 1 aliphatic carbocycles. The second-order valence-corrected chi connectivity index (χ2v) is 4.81. The quantitative estimate of drug-likeness (QED) is 0.707. The van der Waals surface area contributed by atoms with Gasteiger partial charge in [-0.2, -0.15) is 0 Å². The van der Waals surface area contributed by atoms with E-state index in [1.807, 2.05) is 6.92 Å². The average Bonchev–Trinajstić information content (AvgIpc) is 2.63. The number of hydrogen-bond acceptors (Lipinski definition) is 3. The predicted octanol–water partition coefficient (Wildman–Crippen LogP) is 1.72. The summed E-state index contributed by atoms with van der Waals surface area (Å²) in [6.45, 7) is 4.54. The number of rotatable bonds is 2. The standard InChI is InChI=1S/C12H21NO2/c1-2-15-11(14)10-4-3-5-12(10)6-8-13-9-7-12/h10,13H,2-9H2,1H3. The van der Waals surface area contributed by atoms with Gasteiger partial charge in [-0.3, -0.25) is 4.79 Å². The first-order valence-corrected chi connectivity index (χ1v) is 6.16. The molecule has 2 fully saturated rings. The summed E-state index contributed by atoms with van der Waals surface area (Å²) >= 11 is 0. The van der Waals surface area contributed by atoms with Gasteiger partial charge in [0.1, 0.15) is 0 Å². The van der Waals surface area contributed by atoms with Crippen molar-refractivity contribution in [2.75, 3.05) is 19.7 Å². The second kappa shape index (κ2) is 4.52. The fourth-order valence-electron chi connectivity index (χ4n) is 3.27. The highest BCUT2D eigenvalue weighted by Crippen LogP contribution is 2.49. The van der Waals surface area contributed by atoms with Crippen molar-refractivity contribution in [1.82, 2.24) is 5.32 Å². The maximum Gasteiger partial charge on any atom is 0.309 e. The van der Waals surface area contributed by atoms with Crippen LogP contribution >= 0.6 is 0 Å². The molecular formula is C12H21NO2. The second-order valence-electron chi connectivity index (χ2n) is 4.81. The van der Waals surface area contributed by atoms with Crippen LogP contribution < -0.4 is 5.32 Å². The third kappa shape index (κ3) is 2.03. The minimum atomic E-state index is 0.0527. The van der Waals surface area contributed by atoms with Crippen LogP contribution in [0.3, 0.4) is 0 Å². The van der Waals surface area contributed by atoms with Gasteiger partial charge in [-0.25, -0.2) is 0 Å². The van der Waals surface area contributed by atoms with Crippen molar-refractivity contribution in [2.45, 2.75) is 39.0 Å². The molecule has 0 radical (unpaired) electrons. The SMILES string of the molecule is CCOC(=O)C1CCCC12CCNCC2. The van der Waals surface area contributed by atoms with E-state index in [4.69, 9.17) is 4.74 Å². The Morgan fingerprint density at radius 3 is 2.80 bits per heavy atom. The molecule has 1 heterocycles. The maximum absolute atomic E-state index is 11.9. The van der Waals surface area contributed by atoms with E-state index in [0.717, 1.165) is 32.4 Å². The van der Waals surface area contributed by atoms with E-state index in [2.05, 4.69) is 5.32 Å². The Labute approximate surface area is 91.6 Å². The van der Waals surface area contributed by atoms with Crippen molar-refractivity contribution >= 4 is 5.97 Å². The Morgan fingerprint density at radius 1 is 1.40 bits per heavy atom. The van der Waals surface area contributed by atoms with E-state index in [1.165, 1.54) is 12.8 Å². The van der Waals surface area contributed by atoms with Crippen LogP contribution in [0, 0.1) is 11.3 Å². The fraction of sp³-hybridized carbons (Fsp3) is 0.917. The number of nitrogens with one attached hydrogen (secondary N) is 1. The first-order chi connectivity index (χ1) is 7.28. The van der Waals surface area contributed by atoms with Crippen LogP contribution in [-0.2, 0) is 9.53 Å². The first-order valence-electron chi connectivity index (χ1n) is 6.16. The predicted molar refractivity (Wildman–Crippen MR) is 58.5 cm³/mol. The molecule has 0 aromatic carbocycles. The molecule has 86 valence electrons. The van der Waals surface area contributed by atoms with Crippen LogP contribution in [0.5, 0.6) is 0 Å². The van der Waals surface area contributed by atoms with Gasteiger partial charge in [-0.05, 0) is 51.1 Å². The Balaban J connectivity index is 2.06. The lowest BCUT2D eigenvalue weighted by Crippen LogP contribution is -2.42. The summed E-state index contributed by atoms with van der Waals surface area (Å²) in [6.07, 6.45) is 5.76. The topological polar surface area (TPSA) is 38.3 Å². The highest BCUT2D eigenvalue weighted by Gasteiger charge is 2.47. The molecule has 15 heavy (non-hydrogen) atoms. The van der Waals surface area contributed by atoms with Crippen LogP contribution in [0.2, 0.25) is 0 Å². The maximum atomic E-state index is 11.9. The fourth-order valence-corrected chi connectivity index (χ4v) is 3.27. The molecule has 1 atom stereocenters. The first kappa shape index (κ1) is 10.9. The molecule has 0 aromatic rings. The van der Waals surface area contributed by atoms with Crippen LogP contribution in [0.25, 0.3) is 0 Å². The number of carbonyl (C=O) groups is 1. The van der Waals surface area contributed by atoms with Crippen molar-refractivity contribution in [3.8, 4) is 0 Å². The highest BCUT2D eigenvalue weighted by atomic mass is 16.5. The summed E-state index contributed by atoms with van der Waals surface area (Å²) in [5.41, 5.74) is 0.275. The van der Waals surface area contributed by atoms with Gasteiger partial charge in [-0.1, -0.05) is 6.42 Å². The van der Waals surface area contributed by atoms with E-state index in [-0.39, 0.29) is 17.3 Å². The molecule has 1 saturated heterocycles. The van der Waals surface area contributed by atoms with Gasteiger partial charge < -0.3 is 10.1 Å². The summed E-state index contributed by atoms with van der Waals surface area (Å²) in [6, 6.07) is 0. The van der Waals surface area contributed by atoms with Crippen molar-refractivity contribution < 1.29 is 9.53 Å². The summed E-state index contributed by atoms with van der Waals surface area (Å²) in [7, 11) is 0.